The van der Waals surface area contributed by atoms with E-state index in [9.17, 15) is 4.79 Å². The number of hydrogen-bond donors (Lipinski definition) is 0. The van der Waals surface area contributed by atoms with Gasteiger partial charge in [0.15, 0.2) is 5.82 Å². The number of aryl methyl sites for hydroxylation is 1. The topological polar surface area (TPSA) is 58.5 Å². The molecule has 2 heterocycles. The SMILES string of the molecule is Cc1ccc(N2N=C3CCCCCC3C2=O)nn1. The Balaban J connectivity index is 1.90. The van der Waals surface area contributed by atoms with Crippen LogP contribution in [-0.4, -0.2) is 21.8 Å². The third-order valence-corrected chi connectivity index (χ3v) is 3.56. The van der Waals surface area contributed by atoms with Crippen LogP contribution in [0.2, 0.25) is 0 Å². The van der Waals surface area contributed by atoms with Crippen molar-refractivity contribution in [3.63, 3.8) is 0 Å². The molecule has 5 nitrogen and oxygen atoms in total. The van der Waals surface area contributed by atoms with Crippen molar-refractivity contribution in [1.29, 1.82) is 0 Å². The van der Waals surface area contributed by atoms with Crippen molar-refractivity contribution in [2.24, 2.45) is 11.0 Å². The maximum Gasteiger partial charge on any atom is 0.257 e. The normalized spacial score (nSPS) is 23.6. The minimum absolute atomic E-state index is 0.0180. The van der Waals surface area contributed by atoms with Crippen LogP contribution in [0.25, 0.3) is 0 Å². The summed E-state index contributed by atoms with van der Waals surface area (Å²) in [5.74, 6) is 0.576. The van der Waals surface area contributed by atoms with Gasteiger partial charge >= 0.3 is 0 Å². The van der Waals surface area contributed by atoms with Crippen molar-refractivity contribution in [2.45, 2.75) is 39.0 Å². The van der Waals surface area contributed by atoms with Gasteiger partial charge in [-0.1, -0.05) is 12.8 Å². The Bertz CT molecular complexity index is 494. The molecule has 1 atom stereocenters. The molecule has 0 N–H and O–H groups in total. The molecule has 1 fully saturated rings. The minimum Gasteiger partial charge on any atom is -0.272 e. The van der Waals surface area contributed by atoms with Gasteiger partial charge in [0.1, 0.15) is 0 Å². The highest BCUT2D eigenvalue weighted by atomic mass is 16.2. The molecule has 0 radical (unpaired) electrons. The molecule has 1 saturated carbocycles. The fourth-order valence-corrected chi connectivity index (χ4v) is 2.55. The van der Waals surface area contributed by atoms with Gasteiger partial charge in [-0.3, -0.25) is 4.79 Å². The molecule has 18 heavy (non-hydrogen) atoms. The molecule has 1 aliphatic heterocycles. The van der Waals surface area contributed by atoms with Crippen LogP contribution in [0.1, 0.15) is 37.8 Å². The fraction of sp³-hybridized carbons (Fsp3) is 0.538. The van der Waals surface area contributed by atoms with Crippen LogP contribution < -0.4 is 5.01 Å². The van der Waals surface area contributed by atoms with Crippen LogP contribution in [0.5, 0.6) is 0 Å². The fourth-order valence-electron chi connectivity index (χ4n) is 2.55. The van der Waals surface area contributed by atoms with Crippen molar-refractivity contribution in [3.8, 4) is 0 Å². The van der Waals surface area contributed by atoms with Crippen molar-refractivity contribution in [3.05, 3.63) is 17.8 Å². The van der Waals surface area contributed by atoms with E-state index in [-0.39, 0.29) is 11.8 Å². The molecule has 94 valence electrons. The lowest BCUT2D eigenvalue weighted by atomic mass is 9.98. The maximum atomic E-state index is 12.3. The summed E-state index contributed by atoms with van der Waals surface area (Å²) in [6.07, 6.45) is 5.31. The van der Waals surface area contributed by atoms with E-state index in [4.69, 9.17) is 0 Å². The first-order chi connectivity index (χ1) is 8.75. The van der Waals surface area contributed by atoms with E-state index in [0.29, 0.717) is 5.82 Å². The highest BCUT2D eigenvalue weighted by Gasteiger charge is 2.37. The molecule has 1 unspecified atom stereocenters. The second-order valence-electron chi connectivity index (χ2n) is 4.93. The van der Waals surface area contributed by atoms with Gasteiger partial charge in [-0.15, -0.1) is 5.10 Å². The lowest BCUT2D eigenvalue weighted by Gasteiger charge is -2.12. The zero-order chi connectivity index (χ0) is 12.5. The first kappa shape index (κ1) is 11.3. The van der Waals surface area contributed by atoms with Gasteiger partial charge in [-0.05, 0) is 38.3 Å². The van der Waals surface area contributed by atoms with Gasteiger partial charge in [0.05, 0.1) is 17.3 Å². The van der Waals surface area contributed by atoms with E-state index in [1.54, 1.807) is 6.07 Å². The van der Waals surface area contributed by atoms with Gasteiger partial charge in [0.25, 0.3) is 5.91 Å². The zero-order valence-electron chi connectivity index (χ0n) is 10.5. The van der Waals surface area contributed by atoms with Crippen LogP contribution in [0.4, 0.5) is 5.82 Å². The van der Waals surface area contributed by atoms with E-state index in [1.807, 2.05) is 13.0 Å². The molecular formula is C13H16N4O. The van der Waals surface area contributed by atoms with Crippen molar-refractivity contribution >= 4 is 17.4 Å². The molecule has 2 aliphatic rings. The molecule has 1 aliphatic carbocycles. The van der Waals surface area contributed by atoms with Crippen LogP contribution in [0, 0.1) is 12.8 Å². The molecule has 0 spiro atoms. The number of carbonyl (C=O) groups excluding carboxylic acids is 1. The predicted octanol–water partition coefficient (Wildman–Crippen LogP) is 2.07. The summed E-state index contributed by atoms with van der Waals surface area (Å²) in [5.41, 5.74) is 1.87. The molecule has 0 aromatic carbocycles. The average molecular weight is 244 g/mol. The number of anilines is 1. The molecular weight excluding hydrogens is 228 g/mol. The van der Waals surface area contributed by atoms with Crippen molar-refractivity contribution in [2.75, 3.05) is 5.01 Å². The standard InChI is InChI=1S/C13H16N4O/c1-9-7-8-12(15-14-9)17-13(18)10-5-3-2-4-6-11(10)16-17/h7-8,10H,2-6H2,1H3. The number of amides is 1. The quantitative estimate of drug-likeness (QED) is 0.759. The summed E-state index contributed by atoms with van der Waals surface area (Å²) in [7, 11) is 0. The largest absolute Gasteiger partial charge is 0.272 e. The highest BCUT2D eigenvalue weighted by molar-refractivity contribution is 6.15. The average Bonchev–Trinajstić information content (AvgIpc) is 2.57. The Hall–Kier alpha value is -1.78. The lowest BCUT2D eigenvalue weighted by Crippen LogP contribution is -2.27. The summed E-state index contributed by atoms with van der Waals surface area (Å²) in [4.78, 5) is 12.3. The molecule has 5 heteroatoms. The number of carbonyl (C=O) groups is 1. The van der Waals surface area contributed by atoms with E-state index in [0.717, 1.165) is 37.1 Å². The summed E-state index contributed by atoms with van der Waals surface area (Å²) in [5, 5.41) is 13.9. The summed E-state index contributed by atoms with van der Waals surface area (Å²) >= 11 is 0. The minimum atomic E-state index is -0.0180. The molecule has 1 aromatic heterocycles. The molecule has 0 saturated heterocycles. The van der Waals surface area contributed by atoms with Gasteiger partial charge in [0, 0.05) is 0 Å². The van der Waals surface area contributed by atoms with Crippen LogP contribution >= 0.6 is 0 Å². The van der Waals surface area contributed by atoms with E-state index in [1.165, 1.54) is 11.4 Å². The number of rotatable bonds is 1. The Morgan fingerprint density at radius 1 is 1.22 bits per heavy atom. The number of hydrogen-bond acceptors (Lipinski definition) is 4. The smallest absolute Gasteiger partial charge is 0.257 e. The van der Waals surface area contributed by atoms with Crippen LogP contribution in [0.15, 0.2) is 17.2 Å². The second-order valence-corrected chi connectivity index (χ2v) is 4.93. The zero-order valence-corrected chi connectivity index (χ0v) is 10.5. The van der Waals surface area contributed by atoms with Crippen molar-refractivity contribution in [1.82, 2.24) is 10.2 Å². The Morgan fingerprint density at radius 3 is 2.89 bits per heavy atom. The third-order valence-electron chi connectivity index (χ3n) is 3.56. The van der Waals surface area contributed by atoms with Crippen LogP contribution in [-0.2, 0) is 4.79 Å². The monoisotopic (exact) mass is 244 g/mol. The van der Waals surface area contributed by atoms with E-state index >= 15 is 0 Å². The Kier molecular flexibility index (Phi) is 2.81. The lowest BCUT2D eigenvalue weighted by molar-refractivity contribution is -0.119. The highest BCUT2D eigenvalue weighted by Crippen LogP contribution is 2.30. The van der Waals surface area contributed by atoms with E-state index in [2.05, 4.69) is 15.3 Å². The number of nitrogens with zero attached hydrogens (tertiary/aromatic N) is 4. The summed E-state index contributed by atoms with van der Waals surface area (Å²) in [6, 6.07) is 3.65. The van der Waals surface area contributed by atoms with Crippen LogP contribution in [0.3, 0.4) is 0 Å². The van der Waals surface area contributed by atoms with Gasteiger partial charge in [-0.25, -0.2) is 0 Å². The molecule has 3 rings (SSSR count). The molecule has 0 bridgehead atoms. The number of hydrazone groups is 1. The second kappa shape index (κ2) is 4.48. The first-order valence-electron chi connectivity index (χ1n) is 6.47. The Morgan fingerprint density at radius 2 is 2.11 bits per heavy atom. The molecule has 1 amide bonds. The third kappa shape index (κ3) is 1.89. The van der Waals surface area contributed by atoms with Gasteiger partial charge < -0.3 is 0 Å². The molecule has 1 aromatic rings. The predicted molar refractivity (Wildman–Crippen MR) is 68.3 cm³/mol. The number of fused-ring (bicyclic) bond motifs is 1. The number of aromatic nitrogens is 2. The van der Waals surface area contributed by atoms with Gasteiger partial charge in [0.2, 0.25) is 0 Å². The Labute approximate surface area is 106 Å². The summed E-state index contributed by atoms with van der Waals surface area (Å²) in [6.45, 7) is 1.87. The summed E-state index contributed by atoms with van der Waals surface area (Å²) < 4.78 is 0. The van der Waals surface area contributed by atoms with E-state index < -0.39 is 0 Å². The maximum absolute atomic E-state index is 12.3. The first-order valence-corrected chi connectivity index (χ1v) is 6.47. The van der Waals surface area contributed by atoms with Crippen molar-refractivity contribution < 1.29 is 4.79 Å². The van der Waals surface area contributed by atoms with Gasteiger partial charge in [-0.2, -0.15) is 15.2 Å².